The average Bonchev–Trinajstić information content (AvgIpc) is 2.59. The van der Waals surface area contributed by atoms with Crippen molar-refractivity contribution >= 4 is 5.97 Å². The van der Waals surface area contributed by atoms with Gasteiger partial charge in [-0.1, -0.05) is 0 Å². The molecule has 4 heteroatoms. The molecule has 1 aliphatic carbocycles. The summed E-state index contributed by atoms with van der Waals surface area (Å²) in [7, 11) is 0. The molecule has 90 valence electrons. The zero-order valence-electron chi connectivity index (χ0n) is 9.77. The molecule has 0 amide bonds. The highest BCUT2D eigenvalue weighted by Gasteiger charge is 2.50. The highest BCUT2D eigenvalue weighted by molar-refractivity contribution is 5.94. The first-order valence-electron chi connectivity index (χ1n) is 5.94. The molecule has 1 aromatic rings. The molecule has 3 rings (SSSR count). The van der Waals surface area contributed by atoms with Crippen molar-refractivity contribution in [3.8, 4) is 0 Å². The second-order valence-corrected chi connectivity index (χ2v) is 5.28. The van der Waals surface area contributed by atoms with E-state index >= 15 is 0 Å². The van der Waals surface area contributed by atoms with E-state index in [4.69, 9.17) is 4.74 Å². The second kappa shape index (κ2) is 3.29. The van der Waals surface area contributed by atoms with Gasteiger partial charge in [0, 0.05) is 6.20 Å². The van der Waals surface area contributed by atoms with E-state index in [0.717, 1.165) is 5.69 Å². The highest BCUT2D eigenvalue weighted by Crippen LogP contribution is 2.47. The number of ether oxygens (including phenoxy) is 1. The van der Waals surface area contributed by atoms with Crippen LogP contribution in [0, 0.1) is 0 Å². The first kappa shape index (κ1) is 10.7. The van der Waals surface area contributed by atoms with E-state index < -0.39 is 11.2 Å². The van der Waals surface area contributed by atoms with E-state index in [1.54, 1.807) is 18.3 Å². The molecule has 4 nitrogen and oxygen atoms in total. The number of esters is 1. The maximum atomic E-state index is 11.8. The molecule has 17 heavy (non-hydrogen) atoms. The zero-order chi connectivity index (χ0) is 12.1. The van der Waals surface area contributed by atoms with Crippen LogP contribution >= 0.6 is 0 Å². The van der Waals surface area contributed by atoms with Crippen molar-refractivity contribution < 1.29 is 14.6 Å². The minimum Gasteiger partial charge on any atom is -0.449 e. The van der Waals surface area contributed by atoms with Crippen molar-refractivity contribution in [1.29, 1.82) is 0 Å². The van der Waals surface area contributed by atoms with E-state index in [-0.39, 0.29) is 5.97 Å². The van der Waals surface area contributed by atoms with Crippen LogP contribution in [0.3, 0.4) is 0 Å². The van der Waals surface area contributed by atoms with Crippen molar-refractivity contribution in [3.63, 3.8) is 0 Å². The third-order valence-electron chi connectivity index (χ3n) is 3.88. The molecule has 0 atom stereocenters. The molecule has 1 aliphatic heterocycles. The van der Waals surface area contributed by atoms with E-state index in [9.17, 15) is 9.90 Å². The molecule has 1 fully saturated rings. The van der Waals surface area contributed by atoms with Crippen LogP contribution in [0.2, 0.25) is 0 Å². The van der Waals surface area contributed by atoms with Gasteiger partial charge in [0.25, 0.3) is 0 Å². The fourth-order valence-corrected chi connectivity index (χ4v) is 2.75. The molecule has 0 bridgehead atoms. The monoisotopic (exact) mass is 233 g/mol. The Balaban J connectivity index is 1.99. The van der Waals surface area contributed by atoms with Crippen LogP contribution < -0.4 is 0 Å². The Morgan fingerprint density at radius 2 is 2.06 bits per heavy atom. The average molecular weight is 233 g/mol. The Labute approximate surface area is 99.6 Å². The maximum absolute atomic E-state index is 11.8. The number of pyridine rings is 1. The van der Waals surface area contributed by atoms with Crippen molar-refractivity contribution in [3.05, 3.63) is 29.6 Å². The van der Waals surface area contributed by atoms with Gasteiger partial charge in [-0.25, -0.2) is 4.79 Å². The van der Waals surface area contributed by atoms with Crippen molar-refractivity contribution in [2.24, 2.45) is 0 Å². The first-order valence-corrected chi connectivity index (χ1v) is 5.94. The Morgan fingerprint density at radius 3 is 2.76 bits per heavy atom. The van der Waals surface area contributed by atoms with E-state index in [2.05, 4.69) is 4.98 Å². The number of carbonyl (C=O) groups excluding carboxylic acids is 1. The lowest BCUT2D eigenvalue weighted by molar-refractivity contribution is -0.0812. The van der Waals surface area contributed by atoms with Crippen molar-refractivity contribution in [2.45, 2.75) is 43.8 Å². The molecule has 1 aromatic heterocycles. The number of fused-ring (bicyclic) bond motifs is 2. The molecule has 0 radical (unpaired) electrons. The maximum Gasteiger partial charge on any atom is 0.341 e. The summed E-state index contributed by atoms with van der Waals surface area (Å²) in [6.45, 7) is 1.83. The number of hydrogen-bond acceptors (Lipinski definition) is 4. The lowest BCUT2D eigenvalue weighted by Gasteiger charge is -2.38. The number of nitrogens with zero attached hydrogens (tertiary/aromatic N) is 1. The number of aliphatic hydroxyl groups is 1. The molecular formula is C13H15NO3. The minimum atomic E-state index is -0.644. The van der Waals surface area contributed by atoms with Gasteiger partial charge in [0.05, 0.1) is 16.9 Å². The van der Waals surface area contributed by atoms with Crippen LogP contribution in [0.25, 0.3) is 0 Å². The quantitative estimate of drug-likeness (QED) is 0.694. The fourth-order valence-electron chi connectivity index (χ4n) is 2.75. The van der Waals surface area contributed by atoms with Gasteiger partial charge in [-0.05, 0) is 44.7 Å². The van der Waals surface area contributed by atoms with E-state index in [0.29, 0.717) is 31.2 Å². The van der Waals surface area contributed by atoms with Crippen molar-refractivity contribution in [2.75, 3.05) is 0 Å². The van der Waals surface area contributed by atoms with Crippen LogP contribution in [0.1, 0.15) is 48.7 Å². The summed E-state index contributed by atoms with van der Waals surface area (Å²) in [5, 5.41) is 9.97. The van der Waals surface area contributed by atoms with Gasteiger partial charge < -0.3 is 9.84 Å². The third kappa shape index (κ3) is 1.55. The Hall–Kier alpha value is -1.42. The highest BCUT2D eigenvalue weighted by atomic mass is 16.6. The molecule has 2 heterocycles. The van der Waals surface area contributed by atoms with Crippen LogP contribution in [-0.4, -0.2) is 21.7 Å². The van der Waals surface area contributed by atoms with Gasteiger partial charge >= 0.3 is 5.97 Å². The van der Waals surface area contributed by atoms with E-state index in [1.165, 1.54) is 0 Å². The summed E-state index contributed by atoms with van der Waals surface area (Å²) >= 11 is 0. The standard InChI is InChI=1S/C13H15NO3/c1-12(16)4-6-13(7-5-12)10-9(11(15)17-13)3-2-8-14-10/h2-3,8,16H,4-7H2,1H3. The topological polar surface area (TPSA) is 59.4 Å². The Kier molecular flexibility index (Phi) is 2.08. The van der Waals surface area contributed by atoms with Gasteiger partial charge in [0.2, 0.25) is 0 Å². The molecule has 1 saturated carbocycles. The smallest absolute Gasteiger partial charge is 0.341 e. The predicted molar refractivity (Wildman–Crippen MR) is 60.4 cm³/mol. The summed E-state index contributed by atoms with van der Waals surface area (Å²) in [4.78, 5) is 16.1. The fraction of sp³-hybridized carbons (Fsp3) is 0.538. The second-order valence-electron chi connectivity index (χ2n) is 5.28. The molecule has 0 unspecified atom stereocenters. The molecule has 0 saturated heterocycles. The van der Waals surface area contributed by atoms with Gasteiger partial charge in [0.15, 0.2) is 5.60 Å². The SMILES string of the molecule is CC1(O)CCC2(CC1)OC(=O)c1cccnc12. The number of hydrogen-bond donors (Lipinski definition) is 1. The lowest BCUT2D eigenvalue weighted by Crippen LogP contribution is -2.39. The minimum absolute atomic E-state index is 0.283. The molecule has 2 aliphatic rings. The van der Waals surface area contributed by atoms with Gasteiger partial charge in [-0.15, -0.1) is 0 Å². The summed E-state index contributed by atoms with van der Waals surface area (Å²) < 4.78 is 5.54. The Morgan fingerprint density at radius 1 is 1.35 bits per heavy atom. The molecule has 1 spiro atoms. The summed E-state index contributed by atoms with van der Waals surface area (Å²) in [6.07, 6.45) is 4.26. The van der Waals surface area contributed by atoms with Crippen LogP contribution in [0.4, 0.5) is 0 Å². The molecule has 1 N–H and O–H groups in total. The van der Waals surface area contributed by atoms with Crippen LogP contribution in [0.15, 0.2) is 18.3 Å². The number of rotatable bonds is 0. The Bertz CT molecular complexity index is 471. The van der Waals surface area contributed by atoms with Crippen molar-refractivity contribution in [1.82, 2.24) is 4.98 Å². The number of aromatic nitrogens is 1. The van der Waals surface area contributed by atoms with Crippen LogP contribution in [0.5, 0.6) is 0 Å². The van der Waals surface area contributed by atoms with Gasteiger partial charge in [-0.2, -0.15) is 0 Å². The molecule has 0 aromatic carbocycles. The number of carbonyl (C=O) groups is 1. The zero-order valence-corrected chi connectivity index (χ0v) is 9.77. The molecular weight excluding hydrogens is 218 g/mol. The van der Waals surface area contributed by atoms with Gasteiger partial charge in [-0.3, -0.25) is 4.98 Å². The summed E-state index contributed by atoms with van der Waals surface area (Å²) in [5.41, 5.74) is 0.0972. The van der Waals surface area contributed by atoms with E-state index in [1.807, 2.05) is 6.92 Å². The lowest BCUT2D eigenvalue weighted by atomic mass is 9.75. The summed E-state index contributed by atoms with van der Waals surface area (Å²) in [6, 6.07) is 3.50. The predicted octanol–water partition coefficient (Wildman–Crippen LogP) is 1.77. The summed E-state index contributed by atoms with van der Waals surface area (Å²) in [5.74, 6) is -0.283. The normalized spacial score (nSPS) is 35.8. The largest absolute Gasteiger partial charge is 0.449 e. The van der Waals surface area contributed by atoms with Crippen LogP contribution in [-0.2, 0) is 10.3 Å². The third-order valence-corrected chi connectivity index (χ3v) is 3.88. The van der Waals surface area contributed by atoms with Gasteiger partial charge in [0.1, 0.15) is 0 Å². The first-order chi connectivity index (χ1) is 8.03.